The standard InChI is InChI=1S/C21H18FN3OS/c1-13-3-4-14(2)18(9-13)23-20(26)10-17-12-27-21-24-19(11-25(17)21)15-5-7-16(22)8-6-15/h3-9,11-12H,10H2,1-2H3,(H,23,26). The summed E-state index contributed by atoms with van der Waals surface area (Å²) in [5.41, 5.74) is 5.46. The van der Waals surface area contributed by atoms with E-state index in [9.17, 15) is 9.18 Å². The first-order chi connectivity index (χ1) is 13.0. The molecule has 0 saturated carbocycles. The Morgan fingerprint density at radius 3 is 2.74 bits per heavy atom. The highest BCUT2D eigenvalue weighted by Crippen LogP contribution is 2.24. The van der Waals surface area contributed by atoms with Crippen LogP contribution in [0.25, 0.3) is 16.2 Å². The first-order valence-corrected chi connectivity index (χ1v) is 9.46. The molecule has 0 unspecified atom stereocenters. The van der Waals surface area contributed by atoms with Gasteiger partial charge in [0.15, 0.2) is 4.96 Å². The Hall–Kier alpha value is -2.99. The molecular formula is C21H18FN3OS. The Bertz CT molecular complexity index is 1130. The topological polar surface area (TPSA) is 46.4 Å². The number of nitrogens with zero attached hydrogens (tertiary/aromatic N) is 2. The molecule has 0 radical (unpaired) electrons. The van der Waals surface area contributed by atoms with Gasteiger partial charge in [-0.2, -0.15) is 0 Å². The molecule has 1 N–H and O–H groups in total. The van der Waals surface area contributed by atoms with Gasteiger partial charge in [-0.05, 0) is 55.3 Å². The number of aromatic nitrogens is 2. The number of amides is 1. The highest BCUT2D eigenvalue weighted by atomic mass is 32.1. The Labute approximate surface area is 160 Å². The predicted octanol–water partition coefficient (Wildman–Crippen LogP) is 5.00. The number of aryl methyl sites for hydroxylation is 2. The second-order valence-corrected chi connectivity index (χ2v) is 7.39. The third-order valence-electron chi connectivity index (χ3n) is 4.43. The molecule has 0 aliphatic rings. The summed E-state index contributed by atoms with van der Waals surface area (Å²) in [5, 5.41) is 4.93. The quantitative estimate of drug-likeness (QED) is 0.542. The van der Waals surface area contributed by atoms with Gasteiger partial charge in [0.1, 0.15) is 5.82 Å². The lowest BCUT2D eigenvalue weighted by atomic mass is 10.1. The molecule has 1 amide bonds. The van der Waals surface area contributed by atoms with Crippen LogP contribution in [0.2, 0.25) is 0 Å². The fourth-order valence-corrected chi connectivity index (χ4v) is 3.82. The molecule has 0 saturated heterocycles. The van der Waals surface area contributed by atoms with Crippen molar-refractivity contribution in [2.45, 2.75) is 20.3 Å². The molecule has 0 fully saturated rings. The molecule has 6 heteroatoms. The van der Waals surface area contributed by atoms with Crippen molar-refractivity contribution in [1.82, 2.24) is 9.38 Å². The van der Waals surface area contributed by atoms with Crippen LogP contribution in [0.5, 0.6) is 0 Å². The molecule has 0 aliphatic carbocycles. The van der Waals surface area contributed by atoms with Crippen LogP contribution in [-0.4, -0.2) is 15.3 Å². The summed E-state index contributed by atoms with van der Waals surface area (Å²) < 4.78 is 15.0. The van der Waals surface area contributed by atoms with Crippen LogP contribution < -0.4 is 5.32 Å². The van der Waals surface area contributed by atoms with Gasteiger partial charge in [0, 0.05) is 28.5 Å². The summed E-state index contributed by atoms with van der Waals surface area (Å²) in [7, 11) is 0. The molecule has 2 aromatic carbocycles. The average molecular weight is 379 g/mol. The summed E-state index contributed by atoms with van der Waals surface area (Å²) in [6, 6.07) is 12.2. The Morgan fingerprint density at radius 2 is 1.96 bits per heavy atom. The number of hydrogen-bond donors (Lipinski definition) is 1. The number of carbonyl (C=O) groups excluding carboxylic acids is 1. The number of benzene rings is 2. The number of imidazole rings is 1. The maximum absolute atomic E-state index is 13.1. The van der Waals surface area contributed by atoms with Gasteiger partial charge in [0.2, 0.25) is 5.91 Å². The number of fused-ring (bicyclic) bond motifs is 1. The van der Waals surface area contributed by atoms with Crippen LogP contribution in [0, 0.1) is 19.7 Å². The van der Waals surface area contributed by atoms with Crippen LogP contribution in [0.15, 0.2) is 54.0 Å². The lowest BCUT2D eigenvalue weighted by Crippen LogP contribution is -2.16. The highest BCUT2D eigenvalue weighted by Gasteiger charge is 2.13. The zero-order valence-corrected chi connectivity index (χ0v) is 15.8. The monoisotopic (exact) mass is 379 g/mol. The number of carbonyl (C=O) groups is 1. The third kappa shape index (κ3) is 3.61. The molecule has 4 aromatic rings. The van der Waals surface area contributed by atoms with Gasteiger partial charge in [-0.1, -0.05) is 12.1 Å². The molecule has 4 rings (SSSR count). The smallest absolute Gasteiger partial charge is 0.230 e. The maximum Gasteiger partial charge on any atom is 0.230 e. The van der Waals surface area contributed by atoms with Crippen molar-refractivity contribution in [3.63, 3.8) is 0 Å². The van der Waals surface area contributed by atoms with Crippen molar-refractivity contribution < 1.29 is 9.18 Å². The Morgan fingerprint density at radius 1 is 1.19 bits per heavy atom. The van der Waals surface area contributed by atoms with Gasteiger partial charge in [-0.3, -0.25) is 9.20 Å². The summed E-state index contributed by atoms with van der Waals surface area (Å²) >= 11 is 1.48. The fraction of sp³-hybridized carbons (Fsp3) is 0.143. The van der Waals surface area contributed by atoms with Crippen molar-refractivity contribution >= 4 is 27.9 Å². The van der Waals surface area contributed by atoms with Crippen LogP contribution in [0.3, 0.4) is 0 Å². The number of nitrogens with one attached hydrogen (secondary N) is 1. The number of hydrogen-bond acceptors (Lipinski definition) is 3. The number of rotatable bonds is 4. The van der Waals surface area contributed by atoms with E-state index in [4.69, 9.17) is 0 Å². The van der Waals surface area contributed by atoms with Crippen LogP contribution in [0.4, 0.5) is 10.1 Å². The molecule has 0 spiro atoms. The maximum atomic E-state index is 13.1. The molecule has 27 heavy (non-hydrogen) atoms. The zero-order valence-electron chi connectivity index (χ0n) is 15.0. The van der Waals surface area contributed by atoms with Gasteiger partial charge in [-0.15, -0.1) is 11.3 Å². The first-order valence-electron chi connectivity index (χ1n) is 8.58. The van der Waals surface area contributed by atoms with E-state index in [0.29, 0.717) is 0 Å². The molecule has 4 nitrogen and oxygen atoms in total. The van der Waals surface area contributed by atoms with Gasteiger partial charge < -0.3 is 5.32 Å². The van der Waals surface area contributed by atoms with Crippen LogP contribution in [0.1, 0.15) is 16.8 Å². The number of anilines is 1. The van der Waals surface area contributed by atoms with Gasteiger partial charge in [-0.25, -0.2) is 9.37 Å². The molecular weight excluding hydrogens is 361 g/mol. The predicted molar refractivity (Wildman–Crippen MR) is 107 cm³/mol. The van der Waals surface area contributed by atoms with E-state index in [-0.39, 0.29) is 18.1 Å². The SMILES string of the molecule is Cc1ccc(C)c(NC(=O)Cc2csc3nc(-c4ccc(F)cc4)cn23)c1. The van der Waals surface area contributed by atoms with E-state index >= 15 is 0 Å². The second kappa shape index (κ2) is 6.96. The summed E-state index contributed by atoms with van der Waals surface area (Å²) in [6.07, 6.45) is 2.15. The van der Waals surface area contributed by atoms with Crippen molar-refractivity contribution in [1.29, 1.82) is 0 Å². The van der Waals surface area contributed by atoms with Gasteiger partial charge in [0.25, 0.3) is 0 Å². The molecule has 136 valence electrons. The molecule has 0 atom stereocenters. The summed E-state index contributed by atoms with van der Waals surface area (Å²) in [4.78, 5) is 17.9. The van der Waals surface area contributed by atoms with E-state index in [1.165, 1.54) is 23.5 Å². The minimum Gasteiger partial charge on any atom is -0.326 e. The van der Waals surface area contributed by atoms with E-state index in [2.05, 4.69) is 10.3 Å². The summed E-state index contributed by atoms with van der Waals surface area (Å²) in [5.74, 6) is -0.344. The molecule has 0 aliphatic heterocycles. The normalized spacial score (nSPS) is 11.1. The lowest BCUT2D eigenvalue weighted by molar-refractivity contribution is -0.115. The molecule has 0 bridgehead atoms. The minimum absolute atomic E-state index is 0.0690. The minimum atomic E-state index is -0.274. The fourth-order valence-electron chi connectivity index (χ4n) is 2.95. The Balaban J connectivity index is 1.56. The Kier molecular flexibility index (Phi) is 4.49. The van der Waals surface area contributed by atoms with E-state index in [1.54, 1.807) is 12.1 Å². The first kappa shape index (κ1) is 17.4. The van der Waals surface area contributed by atoms with Gasteiger partial charge in [0.05, 0.1) is 12.1 Å². The van der Waals surface area contributed by atoms with E-state index < -0.39 is 0 Å². The van der Waals surface area contributed by atoms with Crippen molar-refractivity contribution in [2.75, 3.05) is 5.32 Å². The highest BCUT2D eigenvalue weighted by molar-refractivity contribution is 7.15. The molecule has 2 heterocycles. The van der Waals surface area contributed by atoms with Crippen LogP contribution in [-0.2, 0) is 11.2 Å². The number of halogens is 1. The third-order valence-corrected chi connectivity index (χ3v) is 5.32. The van der Waals surface area contributed by atoms with Crippen molar-refractivity contribution in [2.24, 2.45) is 0 Å². The van der Waals surface area contributed by atoms with Crippen molar-refractivity contribution in [3.05, 3.63) is 76.7 Å². The number of thiazole rings is 1. The largest absolute Gasteiger partial charge is 0.326 e. The van der Waals surface area contributed by atoms with Gasteiger partial charge >= 0.3 is 0 Å². The second-order valence-electron chi connectivity index (χ2n) is 6.56. The average Bonchev–Trinajstić information content (AvgIpc) is 3.21. The molecule has 2 aromatic heterocycles. The van der Waals surface area contributed by atoms with E-state index in [1.807, 2.05) is 48.0 Å². The van der Waals surface area contributed by atoms with Crippen LogP contribution >= 0.6 is 11.3 Å². The van der Waals surface area contributed by atoms with Crippen molar-refractivity contribution in [3.8, 4) is 11.3 Å². The lowest BCUT2D eigenvalue weighted by Gasteiger charge is -2.09. The van der Waals surface area contributed by atoms with E-state index in [0.717, 1.165) is 38.7 Å². The zero-order chi connectivity index (χ0) is 19.0. The summed E-state index contributed by atoms with van der Waals surface area (Å²) in [6.45, 7) is 3.97.